The van der Waals surface area contributed by atoms with Gasteiger partial charge in [-0.25, -0.2) is 4.99 Å². The molecule has 3 aromatic carbocycles. The van der Waals surface area contributed by atoms with Crippen LogP contribution in [-0.2, 0) is 13.1 Å². The van der Waals surface area contributed by atoms with Gasteiger partial charge in [0.15, 0.2) is 5.17 Å². The van der Waals surface area contributed by atoms with Crippen LogP contribution in [-0.4, -0.2) is 30.5 Å². The van der Waals surface area contributed by atoms with Crippen LogP contribution in [0.1, 0.15) is 42.9 Å². The molecular formula is C28H34N2O2S. The molecule has 0 spiro atoms. The summed E-state index contributed by atoms with van der Waals surface area (Å²) in [5, 5.41) is 0.998. The first-order valence-corrected chi connectivity index (χ1v) is 12.5. The summed E-state index contributed by atoms with van der Waals surface area (Å²) in [4.78, 5) is 7.50. The molecular weight excluding hydrogens is 428 g/mol. The molecule has 1 atom stereocenters. The summed E-state index contributed by atoms with van der Waals surface area (Å²) in [6, 6.07) is 25.0. The van der Waals surface area contributed by atoms with Crippen molar-refractivity contribution in [3.63, 3.8) is 0 Å². The fourth-order valence-corrected chi connectivity index (χ4v) is 4.25. The summed E-state index contributed by atoms with van der Waals surface area (Å²) in [6.45, 7) is 5.99. The van der Waals surface area contributed by atoms with Gasteiger partial charge in [0.25, 0.3) is 0 Å². The van der Waals surface area contributed by atoms with Gasteiger partial charge in [0.1, 0.15) is 11.5 Å². The van der Waals surface area contributed by atoms with Crippen LogP contribution in [0, 0.1) is 0 Å². The maximum Gasteiger partial charge on any atom is 0.164 e. The Balaban J connectivity index is 1.96. The Labute approximate surface area is 202 Å². The number of para-hydroxylation sites is 1. The van der Waals surface area contributed by atoms with E-state index in [9.17, 15) is 0 Å². The maximum atomic E-state index is 5.33. The van der Waals surface area contributed by atoms with E-state index in [-0.39, 0.29) is 0 Å². The molecule has 0 saturated heterocycles. The number of benzene rings is 3. The van der Waals surface area contributed by atoms with Crippen LogP contribution in [0.15, 0.2) is 77.8 Å². The molecule has 0 heterocycles. The lowest BCUT2D eigenvalue weighted by Crippen LogP contribution is -2.27. The summed E-state index contributed by atoms with van der Waals surface area (Å²) in [5.41, 5.74) is 4.76. The van der Waals surface area contributed by atoms with Crippen LogP contribution in [0.4, 0.5) is 5.69 Å². The van der Waals surface area contributed by atoms with E-state index in [2.05, 4.69) is 73.5 Å². The molecule has 0 aromatic heterocycles. The molecule has 0 aliphatic heterocycles. The van der Waals surface area contributed by atoms with Gasteiger partial charge in [0.2, 0.25) is 0 Å². The van der Waals surface area contributed by atoms with E-state index in [1.807, 2.05) is 24.3 Å². The van der Waals surface area contributed by atoms with Crippen molar-refractivity contribution in [2.75, 3.05) is 20.5 Å². The number of hydrogen-bond donors (Lipinski definition) is 0. The Hall–Kier alpha value is -2.92. The fraction of sp³-hybridized carbons (Fsp3) is 0.321. The van der Waals surface area contributed by atoms with E-state index in [1.54, 1.807) is 26.0 Å². The van der Waals surface area contributed by atoms with Gasteiger partial charge >= 0.3 is 0 Å². The van der Waals surface area contributed by atoms with Gasteiger partial charge in [-0.1, -0.05) is 68.1 Å². The minimum Gasteiger partial charge on any atom is -0.497 e. The van der Waals surface area contributed by atoms with Crippen molar-refractivity contribution in [1.82, 2.24) is 4.90 Å². The average Bonchev–Trinajstić information content (AvgIpc) is 2.87. The van der Waals surface area contributed by atoms with E-state index in [4.69, 9.17) is 14.5 Å². The second-order valence-corrected chi connectivity index (χ2v) is 8.79. The molecule has 1 unspecified atom stereocenters. The molecule has 174 valence electrons. The largest absolute Gasteiger partial charge is 0.497 e. The van der Waals surface area contributed by atoms with Gasteiger partial charge in [-0.05, 0) is 65.6 Å². The van der Waals surface area contributed by atoms with Crippen molar-refractivity contribution in [3.8, 4) is 11.5 Å². The van der Waals surface area contributed by atoms with Crippen molar-refractivity contribution in [1.29, 1.82) is 0 Å². The number of hydrogen-bond acceptors (Lipinski definition) is 4. The van der Waals surface area contributed by atoms with Gasteiger partial charge in [0.05, 0.1) is 19.9 Å². The first-order chi connectivity index (χ1) is 16.1. The first kappa shape index (κ1) is 24.7. The lowest BCUT2D eigenvalue weighted by Gasteiger charge is -2.26. The predicted octanol–water partition coefficient (Wildman–Crippen LogP) is 7.27. The zero-order chi connectivity index (χ0) is 23.6. The van der Waals surface area contributed by atoms with Gasteiger partial charge in [-0.3, -0.25) is 0 Å². The predicted molar refractivity (Wildman–Crippen MR) is 141 cm³/mol. The van der Waals surface area contributed by atoms with E-state index < -0.39 is 0 Å². The van der Waals surface area contributed by atoms with Crippen LogP contribution in [0.5, 0.6) is 11.5 Å². The number of rotatable bonds is 9. The van der Waals surface area contributed by atoms with Crippen LogP contribution >= 0.6 is 11.8 Å². The third-order valence-corrected chi connectivity index (χ3v) is 6.53. The highest BCUT2D eigenvalue weighted by atomic mass is 32.2. The van der Waals surface area contributed by atoms with E-state index in [0.717, 1.165) is 41.9 Å². The molecule has 0 radical (unpaired) electrons. The summed E-state index contributed by atoms with van der Waals surface area (Å²) in [7, 11) is 3.39. The summed E-state index contributed by atoms with van der Waals surface area (Å²) in [6.07, 6.45) is 3.18. The Kier molecular flexibility index (Phi) is 9.25. The molecule has 0 fully saturated rings. The third-order valence-electron chi connectivity index (χ3n) is 5.81. The summed E-state index contributed by atoms with van der Waals surface area (Å²) >= 11 is 1.68. The minimum absolute atomic E-state index is 0.463. The molecule has 33 heavy (non-hydrogen) atoms. The normalized spacial score (nSPS) is 12.3. The van der Waals surface area contributed by atoms with Gasteiger partial charge in [0, 0.05) is 13.1 Å². The van der Waals surface area contributed by atoms with Crippen LogP contribution in [0.3, 0.4) is 0 Å². The Morgan fingerprint density at radius 3 is 1.82 bits per heavy atom. The molecule has 5 heteroatoms. The van der Waals surface area contributed by atoms with Gasteiger partial charge in [-0.15, -0.1) is 0 Å². The van der Waals surface area contributed by atoms with Crippen LogP contribution in [0.25, 0.3) is 0 Å². The van der Waals surface area contributed by atoms with Crippen molar-refractivity contribution in [3.05, 3.63) is 89.5 Å². The molecule has 3 aromatic rings. The van der Waals surface area contributed by atoms with Gasteiger partial charge < -0.3 is 14.4 Å². The molecule has 0 bridgehead atoms. The highest BCUT2D eigenvalue weighted by Gasteiger charge is 2.15. The number of nitrogens with zero attached hydrogens (tertiary/aromatic N) is 2. The van der Waals surface area contributed by atoms with E-state index in [1.165, 1.54) is 16.7 Å². The minimum atomic E-state index is 0.463. The SMILES string of the molecule is CCC(C)c1ccccc1N=C(SC)N(Cc1ccc(OC)cc1)Cc1ccc(OC)cc1. The maximum absolute atomic E-state index is 5.33. The van der Waals surface area contributed by atoms with Crippen molar-refractivity contribution < 1.29 is 9.47 Å². The van der Waals surface area contributed by atoms with E-state index >= 15 is 0 Å². The number of ether oxygens (including phenoxy) is 2. The van der Waals surface area contributed by atoms with Crippen molar-refractivity contribution in [2.45, 2.75) is 39.3 Å². The standard InChI is InChI=1S/C28H34N2O2S/c1-6-21(2)26-9-7-8-10-27(26)29-28(33-5)30(19-22-11-15-24(31-3)16-12-22)20-23-13-17-25(32-4)18-14-23/h7-18,21H,6,19-20H2,1-5H3. The van der Waals surface area contributed by atoms with Crippen LogP contribution in [0.2, 0.25) is 0 Å². The smallest absolute Gasteiger partial charge is 0.164 e. The topological polar surface area (TPSA) is 34.1 Å². The summed E-state index contributed by atoms with van der Waals surface area (Å²) in [5.74, 6) is 2.19. The lowest BCUT2D eigenvalue weighted by atomic mass is 9.97. The highest BCUT2D eigenvalue weighted by Crippen LogP contribution is 2.30. The number of aliphatic imine (C=N–C) groups is 1. The van der Waals surface area contributed by atoms with Gasteiger partial charge in [-0.2, -0.15) is 0 Å². The zero-order valence-corrected chi connectivity index (χ0v) is 21.1. The van der Waals surface area contributed by atoms with Crippen molar-refractivity contribution in [2.24, 2.45) is 4.99 Å². The fourth-order valence-electron chi connectivity index (χ4n) is 3.67. The van der Waals surface area contributed by atoms with Crippen LogP contribution < -0.4 is 9.47 Å². The Morgan fingerprint density at radius 1 is 0.848 bits per heavy atom. The highest BCUT2D eigenvalue weighted by molar-refractivity contribution is 8.13. The number of methoxy groups -OCH3 is 2. The molecule has 0 aliphatic carbocycles. The number of amidine groups is 1. The quantitative estimate of drug-likeness (QED) is 0.247. The monoisotopic (exact) mass is 462 g/mol. The second-order valence-electron chi connectivity index (χ2n) is 8.02. The number of thioether (sulfide) groups is 1. The second kappa shape index (κ2) is 12.4. The molecule has 0 amide bonds. The zero-order valence-electron chi connectivity index (χ0n) is 20.2. The Morgan fingerprint density at radius 2 is 1.36 bits per heavy atom. The molecule has 0 saturated carbocycles. The van der Waals surface area contributed by atoms with Crippen molar-refractivity contribution >= 4 is 22.6 Å². The third kappa shape index (κ3) is 6.78. The molecule has 0 N–H and O–H groups in total. The van der Waals surface area contributed by atoms with E-state index in [0.29, 0.717) is 5.92 Å². The Bertz CT molecular complexity index is 983. The summed E-state index contributed by atoms with van der Waals surface area (Å²) < 4.78 is 10.7. The first-order valence-electron chi connectivity index (χ1n) is 11.3. The molecule has 0 aliphatic rings. The molecule has 3 rings (SSSR count). The lowest BCUT2D eigenvalue weighted by molar-refractivity contribution is 0.405. The average molecular weight is 463 g/mol. The molecule has 4 nitrogen and oxygen atoms in total.